The first kappa shape index (κ1) is 17.8. The standard InChI is InChI=1S/C12H17F3N4O.ClH/c1-19-11(20)9(12(13,14)15)6-10(18-19)17-8-4-2-7(16)3-5-8;/h6-8H,2-5,16H2,1H3,(H,17,18);1H. The van der Waals surface area contributed by atoms with Crippen molar-refractivity contribution in [2.75, 3.05) is 5.32 Å². The highest BCUT2D eigenvalue weighted by Gasteiger charge is 2.35. The van der Waals surface area contributed by atoms with Gasteiger partial charge in [-0.2, -0.15) is 18.3 Å². The first-order valence-electron chi connectivity index (χ1n) is 6.45. The number of nitrogens with two attached hydrogens (primary N) is 1. The van der Waals surface area contributed by atoms with Gasteiger partial charge in [0, 0.05) is 25.2 Å². The highest BCUT2D eigenvalue weighted by molar-refractivity contribution is 5.85. The third-order valence-electron chi connectivity index (χ3n) is 3.49. The lowest BCUT2D eigenvalue weighted by atomic mass is 9.92. The van der Waals surface area contributed by atoms with Crippen molar-refractivity contribution < 1.29 is 13.2 Å². The second kappa shape index (κ2) is 6.65. The number of hydrogen-bond acceptors (Lipinski definition) is 4. The Morgan fingerprint density at radius 2 is 1.90 bits per heavy atom. The van der Waals surface area contributed by atoms with Crippen molar-refractivity contribution in [3.8, 4) is 0 Å². The van der Waals surface area contributed by atoms with Crippen LogP contribution in [0.1, 0.15) is 31.2 Å². The molecule has 1 fully saturated rings. The molecule has 5 nitrogen and oxygen atoms in total. The molecule has 0 saturated heterocycles. The van der Waals surface area contributed by atoms with Crippen LogP contribution in [0.2, 0.25) is 0 Å². The van der Waals surface area contributed by atoms with Crippen molar-refractivity contribution in [1.29, 1.82) is 0 Å². The van der Waals surface area contributed by atoms with Crippen LogP contribution in [0, 0.1) is 0 Å². The molecule has 1 aromatic rings. The zero-order valence-electron chi connectivity index (χ0n) is 11.5. The zero-order valence-corrected chi connectivity index (χ0v) is 12.3. The van der Waals surface area contributed by atoms with Crippen LogP contribution in [0.25, 0.3) is 0 Å². The third kappa shape index (κ3) is 4.34. The Hall–Kier alpha value is -1.28. The smallest absolute Gasteiger partial charge is 0.366 e. The van der Waals surface area contributed by atoms with Crippen molar-refractivity contribution in [2.45, 2.75) is 43.9 Å². The number of aryl methyl sites for hydroxylation is 1. The predicted octanol–water partition coefficient (Wildman–Crippen LogP) is 1.90. The molecule has 0 amide bonds. The van der Waals surface area contributed by atoms with Crippen LogP contribution in [0.3, 0.4) is 0 Å². The van der Waals surface area contributed by atoms with Gasteiger partial charge in [0.2, 0.25) is 0 Å². The van der Waals surface area contributed by atoms with Crippen LogP contribution < -0.4 is 16.6 Å². The van der Waals surface area contributed by atoms with Gasteiger partial charge in [-0.3, -0.25) is 4.79 Å². The monoisotopic (exact) mass is 326 g/mol. The molecule has 1 aromatic heterocycles. The molecule has 0 atom stereocenters. The molecule has 3 N–H and O–H groups in total. The van der Waals surface area contributed by atoms with Crippen LogP contribution in [-0.4, -0.2) is 21.9 Å². The van der Waals surface area contributed by atoms with E-state index in [0.29, 0.717) is 4.68 Å². The second-order valence-electron chi connectivity index (χ2n) is 5.13. The van der Waals surface area contributed by atoms with Crippen LogP contribution in [-0.2, 0) is 13.2 Å². The van der Waals surface area contributed by atoms with E-state index in [1.165, 1.54) is 7.05 Å². The van der Waals surface area contributed by atoms with Gasteiger partial charge in [0.1, 0.15) is 11.4 Å². The van der Waals surface area contributed by atoms with E-state index in [9.17, 15) is 18.0 Å². The summed E-state index contributed by atoms with van der Waals surface area (Å²) in [5, 5.41) is 6.78. The Bertz CT molecular complexity index is 538. The summed E-state index contributed by atoms with van der Waals surface area (Å²) in [6.07, 6.45) is -1.45. The van der Waals surface area contributed by atoms with Gasteiger partial charge in [-0.25, -0.2) is 4.68 Å². The molecular weight excluding hydrogens is 309 g/mol. The quantitative estimate of drug-likeness (QED) is 0.870. The lowest BCUT2D eigenvalue weighted by Crippen LogP contribution is -2.34. The number of rotatable bonds is 2. The Balaban J connectivity index is 0.00000220. The van der Waals surface area contributed by atoms with Crippen molar-refractivity contribution in [2.24, 2.45) is 12.8 Å². The van der Waals surface area contributed by atoms with Crippen LogP contribution in [0.4, 0.5) is 19.0 Å². The molecule has 0 bridgehead atoms. The summed E-state index contributed by atoms with van der Waals surface area (Å²) < 4.78 is 39.0. The first-order chi connectivity index (χ1) is 9.27. The van der Waals surface area contributed by atoms with Gasteiger partial charge in [0.05, 0.1) is 0 Å². The average Bonchev–Trinajstić information content (AvgIpc) is 2.35. The van der Waals surface area contributed by atoms with Crippen molar-refractivity contribution in [3.05, 3.63) is 22.0 Å². The summed E-state index contributed by atoms with van der Waals surface area (Å²) in [6.45, 7) is 0. The summed E-state index contributed by atoms with van der Waals surface area (Å²) in [7, 11) is 1.21. The Morgan fingerprint density at radius 3 is 2.43 bits per heavy atom. The minimum absolute atomic E-state index is 0. The van der Waals surface area contributed by atoms with E-state index in [0.717, 1.165) is 31.7 Å². The number of aromatic nitrogens is 2. The van der Waals surface area contributed by atoms with Crippen molar-refractivity contribution in [3.63, 3.8) is 0 Å². The minimum atomic E-state index is -4.68. The van der Waals surface area contributed by atoms with Gasteiger partial charge >= 0.3 is 6.18 Å². The molecule has 21 heavy (non-hydrogen) atoms. The van der Waals surface area contributed by atoms with E-state index in [1.807, 2.05) is 0 Å². The molecule has 0 aliphatic heterocycles. The summed E-state index contributed by atoms with van der Waals surface area (Å²) in [4.78, 5) is 11.4. The average molecular weight is 327 g/mol. The SMILES string of the molecule is Cl.Cn1nc(NC2CCC(N)CC2)cc(C(F)(F)F)c1=O. The van der Waals surface area contributed by atoms with E-state index >= 15 is 0 Å². The Kier molecular flexibility index (Phi) is 5.63. The van der Waals surface area contributed by atoms with Gasteiger partial charge in [-0.1, -0.05) is 0 Å². The summed E-state index contributed by atoms with van der Waals surface area (Å²) in [6, 6.07) is 0.976. The van der Waals surface area contributed by atoms with E-state index in [-0.39, 0.29) is 30.3 Å². The molecule has 9 heteroatoms. The molecule has 0 spiro atoms. The molecular formula is C12H18ClF3N4O. The first-order valence-corrected chi connectivity index (χ1v) is 6.45. The van der Waals surface area contributed by atoms with Crippen LogP contribution in [0.15, 0.2) is 10.9 Å². The molecule has 120 valence electrons. The number of nitrogens with one attached hydrogen (secondary N) is 1. The van der Waals surface area contributed by atoms with Gasteiger partial charge in [0.15, 0.2) is 0 Å². The maximum Gasteiger partial charge on any atom is 0.421 e. The maximum atomic E-state index is 12.8. The predicted molar refractivity (Wildman–Crippen MR) is 75.6 cm³/mol. The number of halogens is 4. The molecule has 1 saturated carbocycles. The fourth-order valence-corrected chi connectivity index (χ4v) is 2.35. The van der Waals surface area contributed by atoms with E-state index in [2.05, 4.69) is 10.4 Å². The lowest BCUT2D eigenvalue weighted by molar-refractivity contribution is -0.139. The van der Waals surface area contributed by atoms with Gasteiger partial charge in [0.25, 0.3) is 5.56 Å². The zero-order chi connectivity index (χ0) is 14.9. The normalized spacial score (nSPS) is 22.5. The number of hydrogen-bond donors (Lipinski definition) is 2. The van der Waals surface area contributed by atoms with E-state index < -0.39 is 17.3 Å². The topological polar surface area (TPSA) is 72.9 Å². The number of alkyl halides is 3. The Labute approximate surface area is 126 Å². The summed E-state index contributed by atoms with van der Waals surface area (Å²) in [5.41, 5.74) is 3.43. The van der Waals surface area contributed by atoms with Crippen molar-refractivity contribution in [1.82, 2.24) is 9.78 Å². The minimum Gasteiger partial charge on any atom is -0.366 e. The maximum absolute atomic E-state index is 12.8. The molecule has 1 aliphatic rings. The third-order valence-corrected chi connectivity index (χ3v) is 3.49. The lowest BCUT2D eigenvalue weighted by Gasteiger charge is -2.27. The summed E-state index contributed by atoms with van der Waals surface area (Å²) >= 11 is 0. The van der Waals surface area contributed by atoms with E-state index in [4.69, 9.17) is 5.73 Å². The molecule has 0 aromatic carbocycles. The highest BCUT2D eigenvalue weighted by Crippen LogP contribution is 2.28. The van der Waals surface area contributed by atoms with E-state index in [1.54, 1.807) is 0 Å². The van der Waals surface area contributed by atoms with Gasteiger partial charge in [-0.05, 0) is 25.7 Å². The largest absolute Gasteiger partial charge is 0.421 e. The Morgan fingerprint density at radius 1 is 1.33 bits per heavy atom. The fourth-order valence-electron chi connectivity index (χ4n) is 2.35. The van der Waals surface area contributed by atoms with Gasteiger partial charge in [-0.15, -0.1) is 12.4 Å². The summed E-state index contributed by atoms with van der Waals surface area (Å²) in [5.74, 6) is 0.0693. The number of nitrogens with zero attached hydrogens (tertiary/aromatic N) is 2. The molecule has 0 radical (unpaired) electrons. The van der Waals surface area contributed by atoms with Crippen LogP contribution in [0.5, 0.6) is 0 Å². The highest BCUT2D eigenvalue weighted by atomic mass is 35.5. The number of anilines is 1. The van der Waals surface area contributed by atoms with Crippen LogP contribution >= 0.6 is 12.4 Å². The molecule has 1 aliphatic carbocycles. The molecule has 1 heterocycles. The fraction of sp³-hybridized carbons (Fsp3) is 0.667. The second-order valence-corrected chi connectivity index (χ2v) is 5.13. The van der Waals surface area contributed by atoms with Crippen molar-refractivity contribution >= 4 is 18.2 Å². The molecule has 2 rings (SSSR count). The molecule has 0 unspecified atom stereocenters. The van der Waals surface area contributed by atoms with Gasteiger partial charge < -0.3 is 11.1 Å².